The molecule has 4 nitrogen and oxygen atoms in total. The van der Waals surface area contributed by atoms with Crippen molar-refractivity contribution in [3.05, 3.63) is 72.4 Å². The van der Waals surface area contributed by atoms with Crippen LogP contribution < -0.4 is 5.32 Å². The standard InChI is InChI=1S/C16H13N3O/c20-16(18-15-10-11-17-19-15)14-9-5-4-8-13(14)12-6-2-1-3-7-12/h1-11H,(H2,17,18,19,20). The van der Waals surface area contributed by atoms with Gasteiger partial charge >= 0.3 is 0 Å². The van der Waals surface area contributed by atoms with Crippen molar-refractivity contribution in [2.45, 2.75) is 0 Å². The number of hydrogen-bond acceptors (Lipinski definition) is 2. The Hall–Kier alpha value is -2.88. The lowest BCUT2D eigenvalue weighted by atomic mass is 9.99. The Morgan fingerprint density at radius 3 is 2.45 bits per heavy atom. The fourth-order valence-electron chi connectivity index (χ4n) is 2.06. The summed E-state index contributed by atoms with van der Waals surface area (Å²) in [6, 6.07) is 19.1. The highest BCUT2D eigenvalue weighted by molar-refractivity contribution is 6.08. The molecule has 1 amide bonds. The maximum Gasteiger partial charge on any atom is 0.257 e. The number of hydrogen-bond donors (Lipinski definition) is 2. The van der Waals surface area contributed by atoms with Gasteiger partial charge in [0.1, 0.15) is 0 Å². The Kier molecular flexibility index (Phi) is 3.29. The first kappa shape index (κ1) is 12.2. The maximum atomic E-state index is 12.3. The summed E-state index contributed by atoms with van der Waals surface area (Å²) in [5, 5.41) is 9.36. The van der Waals surface area contributed by atoms with Gasteiger partial charge in [0.25, 0.3) is 5.91 Å². The third-order valence-electron chi connectivity index (χ3n) is 3.00. The number of carbonyl (C=O) groups is 1. The van der Waals surface area contributed by atoms with E-state index in [0.717, 1.165) is 11.1 Å². The molecular formula is C16H13N3O. The number of rotatable bonds is 3. The van der Waals surface area contributed by atoms with Gasteiger partial charge in [-0.25, -0.2) is 0 Å². The molecule has 1 heterocycles. The first-order chi connectivity index (χ1) is 9.84. The molecule has 0 radical (unpaired) electrons. The van der Waals surface area contributed by atoms with Gasteiger partial charge in [-0.05, 0) is 17.2 Å². The molecule has 20 heavy (non-hydrogen) atoms. The molecule has 0 aliphatic carbocycles. The number of carbonyl (C=O) groups excluding carboxylic acids is 1. The molecule has 0 unspecified atom stereocenters. The molecule has 0 fully saturated rings. The summed E-state index contributed by atoms with van der Waals surface area (Å²) < 4.78 is 0. The lowest BCUT2D eigenvalue weighted by molar-refractivity contribution is 0.102. The smallest absolute Gasteiger partial charge is 0.257 e. The first-order valence-electron chi connectivity index (χ1n) is 6.30. The van der Waals surface area contributed by atoms with Crippen molar-refractivity contribution in [1.82, 2.24) is 10.2 Å². The highest BCUT2D eigenvalue weighted by atomic mass is 16.1. The summed E-state index contributed by atoms with van der Waals surface area (Å²) in [4.78, 5) is 12.3. The van der Waals surface area contributed by atoms with Gasteiger partial charge < -0.3 is 5.32 Å². The maximum absolute atomic E-state index is 12.3. The first-order valence-corrected chi connectivity index (χ1v) is 6.30. The van der Waals surface area contributed by atoms with Crippen LogP contribution in [0, 0.1) is 0 Å². The number of amides is 1. The topological polar surface area (TPSA) is 57.8 Å². The zero-order valence-corrected chi connectivity index (χ0v) is 10.7. The fourth-order valence-corrected chi connectivity index (χ4v) is 2.06. The SMILES string of the molecule is O=C(Nc1cc[nH]n1)c1ccccc1-c1ccccc1. The van der Waals surface area contributed by atoms with Gasteiger partial charge in [-0.15, -0.1) is 0 Å². The number of aromatic amines is 1. The lowest BCUT2D eigenvalue weighted by Gasteiger charge is -2.09. The zero-order chi connectivity index (χ0) is 13.8. The van der Waals surface area contributed by atoms with Crippen LogP contribution in [0.1, 0.15) is 10.4 Å². The summed E-state index contributed by atoms with van der Waals surface area (Å²) >= 11 is 0. The van der Waals surface area contributed by atoms with Crippen molar-refractivity contribution in [3.8, 4) is 11.1 Å². The Morgan fingerprint density at radius 2 is 1.70 bits per heavy atom. The van der Waals surface area contributed by atoms with Crippen molar-refractivity contribution in [1.29, 1.82) is 0 Å². The second-order valence-corrected chi connectivity index (χ2v) is 4.33. The second kappa shape index (κ2) is 5.40. The monoisotopic (exact) mass is 263 g/mol. The molecule has 3 rings (SSSR count). The molecular weight excluding hydrogens is 250 g/mol. The Balaban J connectivity index is 1.96. The largest absolute Gasteiger partial charge is 0.305 e. The van der Waals surface area contributed by atoms with Crippen LogP contribution in [0.3, 0.4) is 0 Å². The third-order valence-corrected chi connectivity index (χ3v) is 3.00. The minimum atomic E-state index is -0.170. The Morgan fingerprint density at radius 1 is 0.950 bits per heavy atom. The van der Waals surface area contributed by atoms with Gasteiger partial charge in [-0.1, -0.05) is 48.5 Å². The van der Waals surface area contributed by atoms with Crippen LogP contribution in [0.25, 0.3) is 11.1 Å². The van der Waals surface area contributed by atoms with Crippen LogP contribution in [0.15, 0.2) is 66.9 Å². The average molecular weight is 263 g/mol. The Labute approximate surface area is 116 Å². The average Bonchev–Trinajstić information content (AvgIpc) is 3.01. The number of anilines is 1. The second-order valence-electron chi connectivity index (χ2n) is 4.33. The number of H-pyrrole nitrogens is 1. The van der Waals surface area contributed by atoms with E-state index in [4.69, 9.17) is 0 Å². The molecule has 0 aliphatic heterocycles. The minimum absolute atomic E-state index is 0.170. The van der Waals surface area contributed by atoms with E-state index in [-0.39, 0.29) is 5.91 Å². The van der Waals surface area contributed by atoms with E-state index in [1.54, 1.807) is 12.3 Å². The van der Waals surface area contributed by atoms with Gasteiger partial charge in [-0.3, -0.25) is 9.89 Å². The molecule has 2 N–H and O–H groups in total. The van der Waals surface area contributed by atoms with Crippen molar-refractivity contribution < 1.29 is 4.79 Å². The van der Waals surface area contributed by atoms with E-state index in [9.17, 15) is 4.79 Å². The van der Waals surface area contributed by atoms with Crippen molar-refractivity contribution in [3.63, 3.8) is 0 Å². The van der Waals surface area contributed by atoms with Gasteiger partial charge in [0, 0.05) is 17.8 Å². The summed E-state index contributed by atoms with van der Waals surface area (Å²) in [5.41, 5.74) is 2.54. The number of benzene rings is 2. The molecule has 0 saturated carbocycles. The van der Waals surface area contributed by atoms with Crippen LogP contribution in [0.5, 0.6) is 0 Å². The third kappa shape index (κ3) is 2.44. The molecule has 2 aromatic carbocycles. The molecule has 0 atom stereocenters. The van der Waals surface area contributed by atoms with Gasteiger partial charge in [0.15, 0.2) is 5.82 Å². The van der Waals surface area contributed by atoms with E-state index < -0.39 is 0 Å². The van der Waals surface area contributed by atoms with E-state index in [1.165, 1.54) is 0 Å². The van der Waals surface area contributed by atoms with Crippen LogP contribution in [0.2, 0.25) is 0 Å². The van der Waals surface area contributed by atoms with Crippen molar-refractivity contribution >= 4 is 11.7 Å². The Bertz CT molecular complexity index is 706. The predicted molar refractivity (Wildman–Crippen MR) is 78.4 cm³/mol. The van der Waals surface area contributed by atoms with E-state index in [2.05, 4.69) is 15.5 Å². The highest BCUT2D eigenvalue weighted by Gasteiger charge is 2.12. The number of nitrogens with zero attached hydrogens (tertiary/aromatic N) is 1. The molecule has 0 bridgehead atoms. The molecule has 0 aliphatic rings. The summed E-state index contributed by atoms with van der Waals surface area (Å²) in [5.74, 6) is 0.342. The van der Waals surface area contributed by atoms with E-state index in [1.807, 2.05) is 54.6 Å². The van der Waals surface area contributed by atoms with Crippen molar-refractivity contribution in [2.24, 2.45) is 0 Å². The summed E-state index contributed by atoms with van der Waals surface area (Å²) in [6.07, 6.45) is 1.67. The van der Waals surface area contributed by atoms with Gasteiger partial charge in [-0.2, -0.15) is 5.10 Å². The van der Waals surface area contributed by atoms with Crippen LogP contribution >= 0.6 is 0 Å². The van der Waals surface area contributed by atoms with E-state index >= 15 is 0 Å². The molecule has 3 aromatic rings. The normalized spacial score (nSPS) is 10.2. The summed E-state index contributed by atoms with van der Waals surface area (Å²) in [7, 11) is 0. The van der Waals surface area contributed by atoms with Crippen LogP contribution in [-0.4, -0.2) is 16.1 Å². The minimum Gasteiger partial charge on any atom is -0.305 e. The zero-order valence-electron chi connectivity index (χ0n) is 10.7. The predicted octanol–water partition coefficient (Wildman–Crippen LogP) is 3.33. The van der Waals surface area contributed by atoms with Gasteiger partial charge in [0.05, 0.1) is 0 Å². The number of aromatic nitrogens is 2. The molecule has 0 saturated heterocycles. The van der Waals surface area contributed by atoms with Gasteiger partial charge in [0.2, 0.25) is 0 Å². The fraction of sp³-hybridized carbons (Fsp3) is 0. The highest BCUT2D eigenvalue weighted by Crippen LogP contribution is 2.23. The van der Waals surface area contributed by atoms with E-state index in [0.29, 0.717) is 11.4 Å². The number of nitrogens with one attached hydrogen (secondary N) is 2. The van der Waals surface area contributed by atoms with Crippen LogP contribution in [-0.2, 0) is 0 Å². The molecule has 98 valence electrons. The lowest BCUT2D eigenvalue weighted by Crippen LogP contribution is -2.13. The molecule has 0 spiro atoms. The summed E-state index contributed by atoms with van der Waals surface area (Å²) in [6.45, 7) is 0. The molecule has 1 aromatic heterocycles. The van der Waals surface area contributed by atoms with Crippen LogP contribution in [0.4, 0.5) is 5.82 Å². The molecule has 4 heteroatoms. The quantitative estimate of drug-likeness (QED) is 0.761. The van der Waals surface area contributed by atoms with Crippen molar-refractivity contribution in [2.75, 3.05) is 5.32 Å².